The molecule has 0 bridgehead atoms. The van der Waals surface area contributed by atoms with Gasteiger partial charge in [0.25, 0.3) is 5.91 Å². The number of hydrogen-bond donors (Lipinski definition) is 2. The minimum Gasteiger partial charge on any atom is -0.480 e. The second kappa shape index (κ2) is 5.11. The Morgan fingerprint density at radius 1 is 1.40 bits per heavy atom. The van der Waals surface area contributed by atoms with E-state index in [-0.39, 0.29) is 5.56 Å². The van der Waals surface area contributed by atoms with E-state index in [1.807, 2.05) is 0 Å². The lowest BCUT2D eigenvalue weighted by Crippen LogP contribution is -2.56. The first-order valence-corrected chi connectivity index (χ1v) is 6.46. The number of carbonyl (C=O) groups is 2. The van der Waals surface area contributed by atoms with E-state index >= 15 is 0 Å². The number of piperidine rings is 1. The largest absolute Gasteiger partial charge is 0.480 e. The molecule has 1 atom stereocenters. The predicted molar refractivity (Wildman–Crippen MR) is 72.2 cm³/mol. The van der Waals surface area contributed by atoms with Crippen molar-refractivity contribution in [1.29, 1.82) is 0 Å². The van der Waals surface area contributed by atoms with Gasteiger partial charge in [-0.2, -0.15) is 0 Å². The van der Waals surface area contributed by atoms with Gasteiger partial charge in [0, 0.05) is 6.54 Å². The Bertz CT molecular complexity index is 561. The van der Waals surface area contributed by atoms with E-state index in [0.717, 1.165) is 18.9 Å². The lowest BCUT2D eigenvalue weighted by molar-refractivity contribution is -0.143. The normalized spacial score (nSPS) is 22.6. The highest BCUT2D eigenvalue weighted by atomic mass is 19.1. The van der Waals surface area contributed by atoms with Crippen molar-refractivity contribution in [1.82, 2.24) is 0 Å². The number of rotatable bonds is 3. The lowest BCUT2D eigenvalue weighted by Gasteiger charge is -2.43. The molecule has 0 radical (unpaired) electrons. The fraction of sp³-hybridized carbons (Fsp3) is 0.429. The Hall–Kier alpha value is -2.11. The lowest BCUT2D eigenvalue weighted by atomic mass is 9.87. The van der Waals surface area contributed by atoms with Crippen molar-refractivity contribution in [3.63, 3.8) is 0 Å². The molecule has 1 aromatic rings. The van der Waals surface area contributed by atoms with E-state index in [1.165, 1.54) is 12.1 Å². The van der Waals surface area contributed by atoms with Crippen LogP contribution in [0.1, 0.15) is 36.5 Å². The molecule has 20 heavy (non-hydrogen) atoms. The number of halogens is 1. The summed E-state index contributed by atoms with van der Waals surface area (Å²) in [5.41, 5.74) is 4.56. The van der Waals surface area contributed by atoms with Crippen LogP contribution in [0.4, 0.5) is 10.1 Å². The summed E-state index contributed by atoms with van der Waals surface area (Å²) in [6.45, 7) is 2.11. The molecular weight excluding hydrogens is 263 g/mol. The summed E-state index contributed by atoms with van der Waals surface area (Å²) in [6.07, 6.45) is 2.09. The molecule has 6 heteroatoms. The van der Waals surface area contributed by atoms with Gasteiger partial charge in [0.2, 0.25) is 0 Å². The quantitative estimate of drug-likeness (QED) is 0.883. The third kappa shape index (κ3) is 2.33. The topological polar surface area (TPSA) is 83.6 Å². The first kappa shape index (κ1) is 14.3. The van der Waals surface area contributed by atoms with E-state index < -0.39 is 23.2 Å². The van der Waals surface area contributed by atoms with E-state index in [0.29, 0.717) is 18.7 Å². The zero-order chi connectivity index (χ0) is 14.9. The van der Waals surface area contributed by atoms with Gasteiger partial charge in [-0.1, -0.05) is 0 Å². The fourth-order valence-electron chi connectivity index (χ4n) is 2.67. The SMILES string of the molecule is CC1(C(=O)O)CCCCN1c1ccc(F)cc1C(N)=O. The van der Waals surface area contributed by atoms with Gasteiger partial charge in [-0.3, -0.25) is 4.79 Å². The predicted octanol–water partition coefficient (Wildman–Crippen LogP) is 1.76. The maximum absolute atomic E-state index is 13.3. The highest BCUT2D eigenvalue weighted by Gasteiger charge is 2.42. The van der Waals surface area contributed by atoms with Crippen LogP contribution >= 0.6 is 0 Å². The fourth-order valence-corrected chi connectivity index (χ4v) is 2.67. The molecule has 0 spiro atoms. The maximum Gasteiger partial charge on any atom is 0.329 e. The van der Waals surface area contributed by atoms with E-state index in [1.54, 1.807) is 11.8 Å². The zero-order valence-electron chi connectivity index (χ0n) is 11.2. The van der Waals surface area contributed by atoms with Crippen molar-refractivity contribution < 1.29 is 19.1 Å². The van der Waals surface area contributed by atoms with Gasteiger partial charge in [0.15, 0.2) is 0 Å². The highest BCUT2D eigenvalue weighted by Crippen LogP contribution is 2.35. The molecule has 0 aliphatic carbocycles. The third-order valence-electron chi connectivity index (χ3n) is 3.87. The number of aliphatic carboxylic acids is 1. The Morgan fingerprint density at radius 2 is 2.10 bits per heavy atom. The molecule has 1 saturated heterocycles. The summed E-state index contributed by atoms with van der Waals surface area (Å²) >= 11 is 0. The molecule has 3 N–H and O–H groups in total. The Kier molecular flexibility index (Phi) is 3.65. The molecule has 1 amide bonds. The number of carbonyl (C=O) groups excluding carboxylic acids is 1. The summed E-state index contributed by atoms with van der Waals surface area (Å²) < 4.78 is 13.3. The van der Waals surface area contributed by atoms with Crippen molar-refractivity contribution in [3.8, 4) is 0 Å². The molecule has 1 aromatic carbocycles. The Labute approximate surface area is 116 Å². The van der Waals surface area contributed by atoms with Crippen molar-refractivity contribution >= 4 is 17.6 Å². The van der Waals surface area contributed by atoms with Gasteiger partial charge in [-0.15, -0.1) is 0 Å². The first-order valence-electron chi connectivity index (χ1n) is 6.46. The van der Waals surface area contributed by atoms with Gasteiger partial charge in [0.1, 0.15) is 11.4 Å². The van der Waals surface area contributed by atoms with Gasteiger partial charge in [-0.25, -0.2) is 9.18 Å². The second-order valence-corrected chi connectivity index (χ2v) is 5.21. The summed E-state index contributed by atoms with van der Waals surface area (Å²) in [6, 6.07) is 3.68. The maximum atomic E-state index is 13.3. The monoisotopic (exact) mass is 280 g/mol. The van der Waals surface area contributed by atoms with E-state index in [4.69, 9.17) is 5.73 Å². The molecule has 1 unspecified atom stereocenters. The zero-order valence-corrected chi connectivity index (χ0v) is 11.2. The number of hydrogen-bond acceptors (Lipinski definition) is 3. The smallest absolute Gasteiger partial charge is 0.329 e. The number of amides is 1. The van der Waals surface area contributed by atoms with Crippen LogP contribution in [0, 0.1) is 5.82 Å². The van der Waals surface area contributed by atoms with Crippen LogP contribution in [-0.2, 0) is 4.79 Å². The van der Waals surface area contributed by atoms with Crippen LogP contribution in [-0.4, -0.2) is 29.1 Å². The molecule has 2 rings (SSSR count). The van der Waals surface area contributed by atoms with Gasteiger partial charge in [-0.05, 0) is 44.4 Å². The number of benzene rings is 1. The molecular formula is C14H17FN2O3. The number of anilines is 1. The van der Waals surface area contributed by atoms with Crippen LogP contribution in [0.15, 0.2) is 18.2 Å². The average molecular weight is 280 g/mol. The summed E-state index contributed by atoms with van der Waals surface area (Å²) in [7, 11) is 0. The van der Waals surface area contributed by atoms with Gasteiger partial charge >= 0.3 is 5.97 Å². The third-order valence-corrected chi connectivity index (χ3v) is 3.87. The van der Waals surface area contributed by atoms with Crippen molar-refractivity contribution in [2.45, 2.75) is 31.7 Å². The second-order valence-electron chi connectivity index (χ2n) is 5.21. The minimum absolute atomic E-state index is 0.0133. The van der Waals surface area contributed by atoms with Gasteiger partial charge in [0.05, 0.1) is 11.3 Å². The average Bonchev–Trinajstić information content (AvgIpc) is 2.39. The molecule has 108 valence electrons. The highest BCUT2D eigenvalue weighted by molar-refractivity contribution is 5.99. The number of carboxylic acid groups (broad SMARTS) is 1. The minimum atomic E-state index is -1.11. The molecule has 1 fully saturated rings. The van der Waals surface area contributed by atoms with Crippen LogP contribution in [0.3, 0.4) is 0 Å². The first-order chi connectivity index (χ1) is 9.36. The summed E-state index contributed by atoms with van der Waals surface area (Å²) in [5, 5.41) is 9.48. The summed E-state index contributed by atoms with van der Waals surface area (Å²) in [4.78, 5) is 24.7. The molecule has 0 saturated carbocycles. The summed E-state index contributed by atoms with van der Waals surface area (Å²) in [5.74, 6) is -2.30. The van der Waals surface area contributed by atoms with Crippen LogP contribution in [0.25, 0.3) is 0 Å². The molecule has 1 aliphatic rings. The van der Waals surface area contributed by atoms with Crippen molar-refractivity contribution in [2.75, 3.05) is 11.4 Å². The number of nitrogens with zero attached hydrogens (tertiary/aromatic N) is 1. The number of carboxylic acids is 1. The standard InChI is InChI=1S/C14H17FN2O3/c1-14(13(19)20)6-2-3-7-17(14)11-5-4-9(15)8-10(11)12(16)18/h4-5,8H,2-3,6-7H2,1H3,(H2,16,18)(H,19,20). The molecule has 0 aromatic heterocycles. The number of primary amides is 1. The van der Waals surface area contributed by atoms with Crippen molar-refractivity contribution in [2.24, 2.45) is 5.73 Å². The molecule has 5 nitrogen and oxygen atoms in total. The number of nitrogens with two attached hydrogens (primary N) is 1. The van der Waals surface area contributed by atoms with E-state index in [9.17, 15) is 19.1 Å². The van der Waals surface area contributed by atoms with Gasteiger partial charge < -0.3 is 15.7 Å². The molecule has 1 heterocycles. The van der Waals surface area contributed by atoms with Crippen LogP contribution in [0.5, 0.6) is 0 Å². The van der Waals surface area contributed by atoms with Crippen LogP contribution < -0.4 is 10.6 Å². The Morgan fingerprint density at radius 3 is 2.70 bits per heavy atom. The van der Waals surface area contributed by atoms with Crippen molar-refractivity contribution in [3.05, 3.63) is 29.6 Å². The van der Waals surface area contributed by atoms with E-state index in [2.05, 4.69) is 0 Å². The molecule has 1 aliphatic heterocycles. The Balaban J connectivity index is 2.53. The van der Waals surface area contributed by atoms with Crippen LogP contribution in [0.2, 0.25) is 0 Å².